The first-order valence-corrected chi connectivity index (χ1v) is 18.9. The summed E-state index contributed by atoms with van der Waals surface area (Å²) in [6.45, 7) is 10.9. The monoisotopic (exact) mass is 684 g/mol. The van der Waals surface area contributed by atoms with Crippen LogP contribution in [0.4, 0.5) is 17.1 Å². The van der Waals surface area contributed by atoms with Crippen molar-refractivity contribution in [2.24, 2.45) is 0 Å². The summed E-state index contributed by atoms with van der Waals surface area (Å²) < 4.78 is 0. The second-order valence-electron chi connectivity index (χ2n) is 15.1. The summed E-state index contributed by atoms with van der Waals surface area (Å²) >= 11 is 0. The zero-order valence-electron chi connectivity index (χ0n) is 31.3. The molecule has 0 saturated heterocycles. The van der Waals surface area contributed by atoms with Crippen LogP contribution in [0, 0.1) is 27.7 Å². The number of hydrogen-bond acceptors (Lipinski definition) is 2. The third-order valence-electron chi connectivity index (χ3n) is 11.1. The standard InChI is InChI=1S/C51H44N2/c1-6-36-24-49(51-50(25-36)48(19-20-52-51)44-22-34(4)21-35(5)23-44)39-12-11-37-26-42-30-43-31-47(18-13-38(43)27-41(42)29-40(37)28-39)53(45-14-7-32(2)8-15-45)46-16-9-33(3)10-17-46/h7-25,27-28,30-31H,6,26,29H2,1-5H3. The van der Waals surface area contributed by atoms with E-state index < -0.39 is 0 Å². The summed E-state index contributed by atoms with van der Waals surface area (Å²) in [7, 11) is 0. The maximum Gasteiger partial charge on any atom is 0.0786 e. The lowest BCUT2D eigenvalue weighted by atomic mass is 9.83. The average molecular weight is 685 g/mol. The molecule has 0 atom stereocenters. The molecule has 9 rings (SSSR count). The minimum atomic E-state index is 0.932. The van der Waals surface area contributed by atoms with E-state index >= 15 is 0 Å². The molecular weight excluding hydrogens is 641 g/mol. The fourth-order valence-electron chi connectivity index (χ4n) is 8.34. The SMILES string of the molecule is CCc1cc(-c2ccc3c(c2)Cc2cc4ccc(N(c5ccc(C)cc5)c5ccc(C)cc5)cc4cc2C3)c2nccc(-c3cc(C)cc(C)c3)c2c1. The number of anilines is 3. The zero-order chi connectivity index (χ0) is 36.2. The van der Waals surface area contributed by atoms with Gasteiger partial charge in [-0.05, 0) is 157 Å². The quantitative estimate of drug-likeness (QED) is 0.173. The number of benzene rings is 7. The minimum absolute atomic E-state index is 0.932. The van der Waals surface area contributed by atoms with Crippen molar-refractivity contribution in [1.82, 2.24) is 4.98 Å². The van der Waals surface area contributed by atoms with Gasteiger partial charge in [0.25, 0.3) is 0 Å². The maximum atomic E-state index is 5.01. The fourth-order valence-corrected chi connectivity index (χ4v) is 8.34. The van der Waals surface area contributed by atoms with Gasteiger partial charge in [0, 0.05) is 34.2 Å². The molecule has 2 heteroatoms. The van der Waals surface area contributed by atoms with Gasteiger partial charge in [0.05, 0.1) is 5.52 Å². The van der Waals surface area contributed by atoms with Gasteiger partial charge < -0.3 is 4.90 Å². The Hall–Kier alpha value is -5.99. The van der Waals surface area contributed by atoms with Gasteiger partial charge in [0.15, 0.2) is 0 Å². The van der Waals surface area contributed by atoms with E-state index in [0.29, 0.717) is 0 Å². The summed E-state index contributed by atoms with van der Waals surface area (Å²) in [5.41, 5.74) is 21.6. The molecule has 0 N–H and O–H groups in total. The summed E-state index contributed by atoms with van der Waals surface area (Å²) in [5, 5.41) is 3.78. The van der Waals surface area contributed by atoms with Gasteiger partial charge in [0.2, 0.25) is 0 Å². The van der Waals surface area contributed by atoms with E-state index in [9.17, 15) is 0 Å². The Kier molecular flexibility index (Phi) is 8.19. The Morgan fingerprint density at radius 3 is 1.77 bits per heavy atom. The van der Waals surface area contributed by atoms with E-state index in [-0.39, 0.29) is 0 Å². The minimum Gasteiger partial charge on any atom is -0.310 e. The van der Waals surface area contributed by atoms with Crippen LogP contribution in [-0.4, -0.2) is 4.98 Å². The number of aromatic nitrogens is 1. The van der Waals surface area contributed by atoms with E-state index in [0.717, 1.165) is 36.2 Å². The normalized spacial score (nSPS) is 12.2. The van der Waals surface area contributed by atoms with Crippen molar-refractivity contribution in [2.45, 2.75) is 53.9 Å². The lowest BCUT2D eigenvalue weighted by molar-refractivity contribution is 1.01. The number of hydrogen-bond donors (Lipinski definition) is 0. The second kappa shape index (κ2) is 13.2. The predicted molar refractivity (Wildman–Crippen MR) is 225 cm³/mol. The molecule has 1 aromatic heterocycles. The molecule has 0 unspecified atom stereocenters. The van der Waals surface area contributed by atoms with E-state index in [1.54, 1.807) is 0 Å². The number of rotatable bonds is 6. The van der Waals surface area contributed by atoms with Crippen molar-refractivity contribution in [3.8, 4) is 22.3 Å². The molecule has 0 saturated carbocycles. The van der Waals surface area contributed by atoms with Gasteiger partial charge in [-0.15, -0.1) is 0 Å². The second-order valence-corrected chi connectivity index (χ2v) is 15.1. The summed E-state index contributed by atoms with van der Waals surface area (Å²) in [6.07, 6.45) is 4.83. The van der Waals surface area contributed by atoms with Crippen molar-refractivity contribution < 1.29 is 0 Å². The number of pyridine rings is 1. The largest absolute Gasteiger partial charge is 0.310 e. The first-order chi connectivity index (χ1) is 25.8. The van der Waals surface area contributed by atoms with Crippen LogP contribution in [0.5, 0.6) is 0 Å². The van der Waals surface area contributed by atoms with Gasteiger partial charge in [-0.25, -0.2) is 0 Å². The van der Waals surface area contributed by atoms with Crippen LogP contribution in [-0.2, 0) is 19.3 Å². The summed E-state index contributed by atoms with van der Waals surface area (Å²) in [5.74, 6) is 0. The molecule has 0 spiro atoms. The third-order valence-corrected chi connectivity index (χ3v) is 11.1. The van der Waals surface area contributed by atoms with E-state index in [2.05, 4.69) is 173 Å². The fraction of sp³-hybridized carbons (Fsp3) is 0.157. The predicted octanol–water partition coefficient (Wildman–Crippen LogP) is 13.5. The van der Waals surface area contributed by atoms with Gasteiger partial charge in [-0.2, -0.15) is 0 Å². The Balaban J connectivity index is 1.08. The van der Waals surface area contributed by atoms with E-state index in [4.69, 9.17) is 4.98 Å². The van der Waals surface area contributed by atoms with Crippen molar-refractivity contribution in [2.75, 3.05) is 4.90 Å². The highest BCUT2D eigenvalue weighted by Crippen LogP contribution is 2.40. The van der Waals surface area contributed by atoms with Crippen LogP contribution >= 0.6 is 0 Å². The number of nitrogens with zero attached hydrogens (tertiary/aromatic N) is 2. The first-order valence-electron chi connectivity index (χ1n) is 18.9. The van der Waals surface area contributed by atoms with Crippen LogP contribution in [0.3, 0.4) is 0 Å². The van der Waals surface area contributed by atoms with Gasteiger partial charge >= 0.3 is 0 Å². The highest BCUT2D eigenvalue weighted by molar-refractivity contribution is 6.02. The highest BCUT2D eigenvalue weighted by Gasteiger charge is 2.20. The van der Waals surface area contributed by atoms with Crippen LogP contribution in [0.15, 0.2) is 140 Å². The van der Waals surface area contributed by atoms with Gasteiger partial charge in [-0.3, -0.25) is 4.98 Å². The van der Waals surface area contributed by atoms with Crippen LogP contribution in [0.2, 0.25) is 0 Å². The zero-order valence-corrected chi connectivity index (χ0v) is 31.3. The molecule has 0 bridgehead atoms. The van der Waals surface area contributed by atoms with Crippen molar-refractivity contribution in [3.05, 3.63) is 190 Å². The molecule has 0 aliphatic heterocycles. The maximum absolute atomic E-state index is 5.01. The molecule has 258 valence electrons. The molecular formula is C51H44N2. The Morgan fingerprint density at radius 1 is 0.472 bits per heavy atom. The molecule has 7 aromatic carbocycles. The average Bonchev–Trinajstić information content (AvgIpc) is 3.16. The molecule has 0 fully saturated rings. The van der Waals surface area contributed by atoms with Crippen molar-refractivity contribution in [1.29, 1.82) is 0 Å². The van der Waals surface area contributed by atoms with E-state index in [1.165, 1.54) is 94.2 Å². The third kappa shape index (κ3) is 6.19. The van der Waals surface area contributed by atoms with Crippen LogP contribution < -0.4 is 4.90 Å². The molecule has 1 heterocycles. The summed E-state index contributed by atoms with van der Waals surface area (Å²) in [6, 6.07) is 50.3. The number of aryl methyl sites for hydroxylation is 5. The Bertz CT molecular complexity index is 2620. The molecule has 8 aromatic rings. The van der Waals surface area contributed by atoms with E-state index in [1.807, 2.05) is 6.20 Å². The Labute approximate surface area is 313 Å². The van der Waals surface area contributed by atoms with Crippen LogP contribution in [0.25, 0.3) is 43.9 Å². The molecule has 53 heavy (non-hydrogen) atoms. The van der Waals surface area contributed by atoms with Gasteiger partial charge in [0.1, 0.15) is 0 Å². The van der Waals surface area contributed by atoms with Crippen LogP contribution in [0.1, 0.15) is 57.0 Å². The summed E-state index contributed by atoms with van der Waals surface area (Å²) in [4.78, 5) is 7.37. The molecule has 2 nitrogen and oxygen atoms in total. The lowest BCUT2D eigenvalue weighted by Gasteiger charge is -2.26. The van der Waals surface area contributed by atoms with Crippen molar-refractivity contribution >= 4 is 38.7 Å². The number of fused-ring (bicyclic) bond motifs is 4. The van der Waals surface area contributed by atoms with Gasteiger partial charge in [-0.1, -0.05) is 108 Å². The topological polar surface area (TPSA) is 16.1 Å². The highest BCUT2D eigenvalue weighted by atomic mass is 15.1. The Morgan fingerprint density at radius 2 is 1.09 bits per heavy atom. The smallest absolute Gasteiger partial charge is 0.0786 e. The molecule has 0 radical (unpaired) electrons. The molecule has 1 aliphatic rings. The first kappa shape index (κ1) is 32.9. The lowest BCUT2D eigenvalue weighted by Crippen LogP contribution is -2.10. The molecule has 0 amide bonds. The van der Waals surface area contributed by atoms with Crippen molar-refractivity contribution in [3.63, 3.8) is 0 Å². The molecule has 1 aliphatic carbocycles.